The number of carbonyl (C=O) groups excluding carboxylic acids is 1. The summed E-state index contributed by atoms with van der Waals surface area (Å²) in [6, 6.07) is 15.5. The molecule has 7 nitrogen and oxygen atoms in total. The summed E-state index contributed by atoms with van der Waals surface area (Å²) in [7, 11) is -4.04. The van der Waals surface area contributed by atoms with Crippen molar-refractivity contribution in [1.29, 1.82) is 5.26 Å². The zero-order valence-electron chi connectivity index (χ0n) is 17.9. The Kier molecular flexibility index (Phi) is 9.49. The van der Waals surface area contributed by atoms with E-state index in [1.165, 1.54) is 31.2 Å². The van der Waals surface area contributed by atoms with Gasteiger partial charge in [-0.2, -0.15) is 10.3 Å². The van der Waals surface area contributed by atoms with Gasteiger partial charge in [0.25, 0.3) is 0 Å². The highest BCUT2D eigenvalue weighted by atomic mass is 31.2. The van der Waals surface area contributed by atoms with Crippen molar-refractivity contribution in [3.05, 3.63) is 96.6 Å². The Balaban J connectivity index is 2.12. The van der Waals surface area contributed by atoms with Crippen LogP contribution in [-0.4, -0.2) is 18.6 Å². The second-order valence-corrected chi connectivity index (χ2v) is 8.34. The fraction of sp³-hybridized carbons (Fsp3) is 0.167. The highest BCUT2D eigenvalue weighted by molar-refractivity contribution is 7.52. The molecule has 0 fully saturated rings. The number of nitrogens with one attached hydrogen (secondary N) is 1. The van der Waals surface area contributed by atoms with E-state index in [1.54, 1.807) is 54.6 Å². The number of benzene rings is 2. The van der Waals surface area contributed by atoms with Gasteiger partial charge in [0.05, 0.1) is 11.6 Å². The van der Waals surface area contributed by atoms with Gasteiger partial charge < -0.3 is 13.8 Å². The Bertz CT molecular complexity index is 1060. The van der Waals surface area contributed by atoms with E-state index < -0.39 is 19.8 Å². The van der Waals surface area contributed by atoms with Crippen molar-refractivity contribution in [1.82, 2.24) is 5.09 Å². The van der Waals surface area contributed by atoms with Crippen LogP contribution in [0, 0.1) is 11.3 Å². The van der Waals surface area contributed by atoms with Gasteiger partial charge in [-0.05, 0) is 55.8 Å². The van der Waals surface area contributed by atoms with Crippen molar-refractivity contribution < 1.29 is 23.1 Å². The predicted molar refractivity (Wildman–Crippen MR) is 123 cm³/mol. The van der Waals surface area contributed by atoms with Gasteiger partial charge in [-0.15, -0.1) is 0 Å². The maximum absolute atomic E-state index is 13.5. The molecule has 2 atom stereocenters. The maximum atomic E-state index is 13.5. The number of rotatable bonds is 11. The molecule has 2 aromatic carbocycles. The highest BCUT2D eigenvalue weighted by Crippen LogP contribution is 2.45. The molecule has 1 unspecified atom stereocenters. The summed E-state index contributed by atoms with van der Waals surface area (Å²) < 4.78 is 29.9. The molecule has 1 N–H and O–H groups in total. The van der Waals surface area contributed by atoms with Gasteiger partial charge in [-0.25, -0.2) is 4.57 Å². The largest absolute Gasteiger partial charge is 0.513 e. The fourth-order valence-corrected chi connectivity index (χ4v) is 3.89. The zero-order chi connectivity index (χ0) is 23.4. The number of nitriles is 1. The Morgan fingerprint density at radius 2 is 1.75 bits per heavy atom. The summed E-state index contributed by atoms with van der Waals surface area (Å²) >= 11 is 0. The number of allylic oxidation sites excluding steroid dienone is 4. The monoisotopic (exact) mass is 452 g/mol. The third-order valence-electron chi connectivity index (χ3n) is 3.95. The quantitative estimate of drug-likeness (QED) is 0.279. The number of hydrogen-bond acceptors (Lipinski definition) is 6. The van der Waals surface area contributed by atoms with Crippen LogP contribution < -0.4 is 14.1 Å². The first kappa shape index (κ1) is 24.7. The number of hydrogen-bond donors (Lipinski definition) is 1. The van der Waals surface area contributed by atoms with Crippen LogP contribution >= 0.6 is 7.75 Å². The van der Waals surface area contributed by atoms with Gasteiger partial charge in [0.1, 0.15) is 24.1 Å². The van der Waals surface area contributed by atoms with Gasteiger partial charge in [0.2, 0.25) is 0 Å². The normalized spacial score (nSPS) is 14.1. The summed E-state index contributed by atoms with van der Waals surface area (Å²) in [5.41, 5.74) is 1.24. The fourth-order valence-electron chi connectivity index (χ4n) is 2.37. The van der Waals surface area contributed by atoms with Gasteiger partial charge in [0, 0.05) is 0 Å². The molecule has 0 saturated carbocycles. The highest BCUT2D eigenvalue weighted by Gasteiger charge is 2.33. The van der Waals surface area contributed by atoms with Crippen LogP contribution in [0.15, 0.2) is 91.1 Å². The van der Waals surface area contributed by atoms with Crippen LogP contribution in [-0.2, 0) is 14.1 Å². The van der Waals surface area contributed by atoms with E-state index in [9.17, 15) is 9.36 Å². The van der Waals surface area contributed by atoms with E-state index >= 15 is 0 Å². The molecule has 0 radical (unpaired) electrons. The van der Waals surface area contributed by atoms with Gasteiger partial charge in [0.15, 0.2) is 0 Å². The van der Waals surface area contributed by atoms with Crippen molar-refractivity contribution in [2.75, 3.05) is 6.61 Å². The molecule has 0 saturated heterocycles. The summed E-state index contributed by atoms with van der Waals surface area (Å²) in [5.74, 6) is -0.111. The molecule has 2 aromatic rings. The topological polar surface area (TPSA) is 97.7 Å². The second-order valence-electron chi connectivity index (χ2n) is 6.72. The molecular weight excluding hydrogens is 427 g/mol. The summed E-state index contributed by atoms with van der Waals surface area (Å²) in [6.07, 6.45) is 6.97. The van der Waals surface area contributed by atoms with E-state index in [0.29, 0.717) is 11.3 Å². The van der Waals surface area contributed by atoms with Crippen LogP contribution in [0.5, 0.6) is 11.5 Å². The van der Waals surface area contributed by atoms with Crippen molar-refractivity contribution >= 4 is 13.7 Å². The van der Waals surface area contributed by atoms with Crippen molar-refractivity contribution in [3.8, 4) is 17.6 Å². The van der Waals surface area contributed by atoms with E-state index in [-0.39, 0.29) is 12.4 Å². The third-order valence-corrected chi connectivity index (χ3v) is 5.56. The Hall–Kier alpha value is -3.59. The summed E-state index contributed by atoms with van der Waals surface area (Å²) in [4.78, 5) is 12.4. The Morgan fingerprint density at radius 3 is 2.34 bits per heavy atom. The third kappa shape index (κ3) is 8.27. The molecule has 0 amide bonds. The number of esters is 1. The smallest absolute Gasteiger partial charge is 0.460 e. The van der Waals surface area contributed by atoms with Crippen LogP contribution in [0.3, 0.4) is 0 Å². The number of carbonyl (C=O) groups is 1. The summed E-state index contributed by atoms with van der Waals surface area (Å²) in [5, 5.41) is 11.6. The van der Waals surface area contributed by atoms with E-state index in [2.05, 4.69) is 11.7 Å². The van der Waals surface area contributed by atoms with Crippen molar-refractivity contribution in [2.24, 2.45) is 0 Å². The lowest BCUT2D eigenvalue weighted by Crippen LogP contribution is -2.36. The SMILES string of the molecule is C=C/C=C\C=C(/C)COC(=O)[C@H](C)NP(=O)(Oc1ccccc1)Oc1ccc(C#N)cc1. The maximum Gasteiger partial charge on any atom is 0.513 e. The molecule has 0 spiro atoms. The van der Waals surface area contributed by atoms with Gasteiger partial charge >= 0.3 is 13.7 Å². The van der Waals surface area contributed by atoms with Crippen LogP contribution in [0.4, 0.5) is 0 Å². The molecule has 0 aliphatic heterocycles. The van der Waals surface area contributed by atoms with Crippen LogP contribution in [0.2, 0.25) is 0 Å². The molecule has 0 bridgehead atoms. The lowest BCUT2D eigenvalue weighted by molar-refractivity contribution is -0.144. The summed E-state index contributed by atoms with van der Waals surface area (Å²) in [6.45, 7) is 6.98. The average molecular weight is 452 g/mol. The molecule has 8 heteroatoms. The predicted octanol–water partition coefficient (Wildman–Crippen LogP) is 5.33. The first-order valence-electron chi connectivity index (χ1n) is 9.79. The molecule has 32 heavy (non-hydrogen) atoms. The lowest BCUT2D eigenvalue weighted by atomic mass is 10.2. The van der Waals surface area contributed by atoms with Gasteiger partial charge in [-0.1, -0.05) is 49.1 Å². The number of ether oxygens (including phenoxy) is 1. The minimum absolute atomic E-state index is 0.0761. The first-order chi connectivity index (χ1) is 15.3. The molecule has 2 rings (SSSR count). The lowest BCUT2D eigenvalue weighted by Gasteiger charge is -2.23. The second kappa shape index (κ2) is 12.3. The van der Waals surface area contributed by atoms with Crippen molar-refractivity contribution in [2.45, 2.75) is 19.9 Å². The van der Waals surface area contributed by atoms with Gasteiger partial charge in [-0.3, -0.25) is 4.79 Å². The molecule has 0 aliphatic rings. The Labute approximate surface area is 188 Å². The number of para-hydroxylation sites is 1. The van der Waals surface area contributed by atoms with Crippen molar-refractivity contribution in [3.63, 3.8) is 0 Å². The molecule has 166 valence electrons. The molecular formula is C24H25N2O5P. The van der Waals surface area contributed by atoms with E-state index in [4.69, 9.17) is 19.0 Å². The number of nitrogens with zero attached hydrogens (tertiary/aromatic N) is 1. The molecule has 0 aliphatic carbocycles. The van der Waals surface area contributed by atoms with E-state index in [0.717, 1.165) is 5.57 Å². The van der Waals surface area contributed by atoms with E-state index in [1.807, 2.05) is 13.0 Å². The Morgan fingerprint density at radius 1 is 1.12 bits per heavy atom. The minimum Gasteiger partial charge on any atom is -0.460 e. The minimum atomic E-state index is -4.04. The van der Waals surface area contributed by atoms with Crippen LogP contribution in [0.1, 0.15) is 19.4 Å². The van der Waals surface area contributed by atoms with Crippen LogP contribution in [0.25, 0.3) is 0 Å². The standard InChI is InChI=1S/C24H25N2O5P/c1-4-5-7-10-19(2)18-29-24(27)20(3)26-32(28,30-22-11-8-6-9-12-22)31-23-15-13-21(17-25)14-16-23/h4-16,20H,1,18H2,2-3H3,(H,26,28)/b7-5-,19-10+/t20-,32?/m0/s1. The average Bonchev–Trinajstić information content (AvgIpc) is 2.78. The first-order valence-corrected chi connectivity index (χ1v) is 11.3. The molecule has 0 aromatic heterocycles. The zero-order valence-corrected chi connectivity index (χ0v) is 18.8. The molecule has 0 heterocycles.